The molecule has 2 aromatic heterocycles. The lowest BCUT2D eigenvalue weighted by Gasteiger charge is -2.25. The number of hydrogen-bond acceptors (Lipinski definition) is 11. The number of nitrogens with one attached hydrogen (secondary N) is 2. The second kappa shape index (κ2) is 11.0. The molecule has 5 rings (SSSR count). The van der Waals surface area contributed by atoms with Gasteiger partial charge in [0.2, 0.25) is 0 Å². The number of aliphatic hydroxyl groups is 1. The van der Waals surface area contributed by atoms with Gasteiger partial charge in [-0.25, -0.2) is 23.9 Å². The standard InChI is InChI=1S/C25H32FN6O7P/c1-14(23(34)36-4)31-40(35,39-17-8-6-5-7-9-17)37-12-18-20(33)25(3,26)24(38-18)32-13-27-19-21(30-16-10-11-16)28-15(2)29-22(19)32/h5-9,13-14,16,18,20,24,33H,10-12H2,1-4H3,(H,31,35)(H,28,29,30)/t14-,18+,20+,24+,25+,40?/m0/s1. The molecule has 216 valence electrons. The summed E-state index contributed by atoms with van der Waals surface area (Å²) < 4.78 is 52.9. The van der Waals surface area contributed by atoms with Crippen molar-refractivity contribution in [3.63, 3.8) is 0 Å². The van der Waals surface area contributed by atoms with Gasteiger partial charge in [-0.1, -0.05) is 18.2 Å². The number of carbonyl (C=O) groups is 1. The summed E-state index contributed by atoms with van der Waals surface area (Å²) in [6.07, 6.45) is -0.826. The second-order valence-corrected chi connectivity index (χ2v) is 11.8. The van der Waals surface area contributed by atoms with Crippen molar-refractivity contribution < 1.29 is 37.4 Å². The number of methoxy groups -OCH3 is 1. The number of aromatic nitrogens is 4. The zero-order chi connectivity index (χ0) is 28.7. The first kappa shape index (κ1) is 28.4. The van der Waals surface area contributed by atoms with Crippen LogP contribution in [0.4, 0.5) is 10.2 Å². The molecular weight excluding hydrogens is 546 g/mol. The lowest BCUT2D eigenvalue weighted by Crippen LogP contribution is -2.41. The predicted octanol–water partition coefficient (Wildman–Crippen LogP) is 3.05. The summed E-state index contributed by atoms with van der Waals surface area (Å²) in [5, 5.41) is 16.7. The Balaban J connectivity index is 1.37. The first-order chi connectivity index (χ1) is 19.0. The molecule has 1 aliphatic carbocycles. The Morgan fingerprint density at radius 1 is 1.32 bits per heavy atom. The summed E-state index contributed by atoms with van der Waals surface area (Å²) in [6.45, 7) is 3.81. The van der Waals surface area contributed by atoms with E-state index in [4.69, 9.17) is 18.5 Å². The average molecular weight is 579 g/mol. The van der Waals surface area contributed by atoms with Gasteiger partial charge < -0.3 is 24.4 Å². The number of anilines is 1. The van der Waals surface area contributed by atoms with E-state index in [9.17, 15) is 14.5 Å². The highest BCUT2D eigenvalue weighted by Gasteiger charge is 2.56. The number of aliphatic hydroxyl groups excluding tert-OH is 1. The number of hydrogen-bond donors (Lipinski definition) is 3. The van der Waals surface area contributed by atoms with Gasteiger partial charge in [0.05, 0.1) is 20.0 Å². The van der Waals surface area contributed by atoms with Gasteiger partial charge >= 0.3 is 13.7 Å². The van der Waals surface area contributed by atoms with E-state index in [1.165, 1.54) is 31.9 Å². The highest BCUT2D eigenvalue weighted by Crippen LogP contribution is 2.48. The van der Waals surface area contributed by atoms with Crippen LogP contribution in [0.25, 0.3) is 11.2 Å². The van der Waals surface area contributed by atoms with Crippen molar-refractivity contribution in [3.8, 4) is 5.75 Å². The van der Waals surface area contributed by atoms with E-state index in [1.54, 1.807) is 37.3 Å². The van der Waals surface area contributed by atoms with E-state index < -0.39 is 50.5 Å². The number of fused-ring (bicyclic) bond motifs is 1. The van der Waals surface area contributed by atoms with E-state index in [0.29, 0.717) is 28.8 Å². The summed E-state index contributed by atoms with van der Waals surface area (Å²) in [4.78, 5) is 25.2. The third-order valence-electron chi connectivity index (χ3n) is 6.71. The van der Waals surface area contributed by atoms with Crippen LogP contribution >= 0.6 is 7.75 Å². The van der Waals surface area contributed by atoms with Gasteiger partial charge in [0, 0.05) is 6.04 Å². The van der Waals surface area contributed by atoms with Gasteiger partial charge in [-0.05, 0) is 45.7 Å². The fourth-order valence-electron chi connectivity index (χ4n) is 4.42. The second-order valence-electron chi connectivity index (χ2n) is 10.1. The normalized spacial score (nSPS) is 26.8. The molecular formula is C25H32FN6O7P. The number of ether oxygens (including phenoxy) is 2. The van der Waals surface area contributed by atoms with E-state index >= 15 is 4.39 Å². The molecule has 3 N–H and O–H groups in total. The number of aryl methyl sites for hydroxylation is 1. The number of nitrogens with zero attached hydrogens (tertiary/aromatic N) is 4. The molecule has 15 heteroatoms. The first-order valence-electron chi connectivity index (χ1n) is 12.9. The largest absolute Gasteiger partial charge is 0.468 e. The maximum absolute atomic E-state index is 16.0. The third kappa shape index (κ3) is 5.81. The number of halogens is 1. The number of alkyl halides is 1. The molecule has 40 heavy (non-hydrogen) atoms. The van der Waals surface area contributed by atoms with Gasteiger partial charge in [-0.2, -0.15) is 5.09 Å². The monoisotopic (exact) mass is 578 g/mol. The maximum Gasteiger partial charge on any atom is 0.459 e. The fraction of sp³-hybridized carbons (Fsp3) is 0.520. The van der Waals surface area contributed by atoms with Crippen molar-refractivity contribution in [2.24, 2.45) is 0 Å². The lowest BCUT2D eigenvalue weighted by molar-refractivity contribution is -0.142. The maximum atomic E-state index is 16.0. The molecule has 1 saturated carbocycles. The van der Waals surface area contributed by atoms with Crippen molar-refractivity contribution >= 4 is 30.7 Å². The van der Waals surface area contributed by atoms with Crippen molar-refractivity contribution in [2.75, 3.05) is 19.0 Å². The van der Waals surface area contributed by atoms with Crippen molar-refractivity contribution in [3.05, 3.63) is 42.5 Å². The molecule has 1 saturated heterocycles. The van der Waals surface area contributed by atoms with Crippen LogP contribution < -0.4 is 14.9 Å². The third-order valence-corrected chi connectivity index (χ3v) is 8.35. The Hall–Kier alpha value is -3.16. The number of rotatable bonds is 11. The van der Waals surface area contributed by atoms with E-state index in [-0.39, 0.29) is 5.75 Å². The molecule has 1 unspecified atom stereocenters. The zero-order valence-electron chi connectivity index (χ0n) is 22.5. The van der Waals surface area contributed by atoms with E-state index in [1.807, 2.05) is 0 Å². The Labute approximate surface area is 230 Å². The van der Waals surface area contributed by atoms with Gasteiger partial charge in [-0.15, -0.1) is 0 Å². The minimum Gasteiger partial charge on any atom is -0.468 e. The van der Waals surface area contributed by atoms with Gasteiger partial charge in [0.15, 0.2) is 28.9 Å². The molecule has 0 spiro atoms. The topological polar surface area (TPSA) is 159 Å². The van der Waals surface area contributed by atoms with Crippen LogP contribution in [0.15, 0.2) is 36.7 Å². The number of carbonyl (C=O) groups excluding carboxylic acids is 1. The molecule has 6 atom stereocenters. The Bertz CT molecular complexity index is 1420. The highest BCUT2D eigenvalue weighted by atomic mass is 31.2. The fourth-order valence-corrected chi connectivity index (χ4v) is 5.92. The zero-order valence-corrected chi connectivity index (χ0v) is 23.4. The molecule has 0 radical (unpaired) electrons. The lowest BCUT2D eigenvalue weighted by atomic mass is 9.98. The minimum absolute atomic E-state index is 0.201. The minimum atomic E-state index is -4.24. The number of benzene rings is 1. The van der Waals surface area contributed by atoms with Gasteiger partial charge in [0.1, 0.15) is 29.8 Å². The first-order valence-corrected chi connectivity index (χ1v) is 14.4. The van der Waals surface area contributed by atoms with Crippen LogP contribution in [0.3, 0.4) is 0 Å². The molecule has 0 amide bonds. The Kier molecular flexibility index (Phi) is 7.81. The molecule has 13 nitrogen and oxygen atoms in total. The van der Waals surface area contributed by atoms with E-state index in [2.05, 4.69) is 25.4 Å². The Morgan fingerprint density at radius 3 is 2.73 bits per heavy atom. The van der Waals surface area contributed by atoms with Crippen LogP contribution in [0.5, 0.6) is 5.75 Å². The summed E-state index contributed by atoms with van der Waals surface area (Å²) in [5.41, 5.74) is -1.51. The number of para-hydroxylation sites is 1. The smallest absolute Gasteiger partial charge is 0.459 e. The Morgan fingerprint density at radius 2 is 2.05 bits per heavy atom. The number of esters is 1. The SMILES string of the molecule is COC(=O)[C@H](C)NP(=O)(OC[C@H]1O[C@@H](n2cnc3c(NC4CC4)nc(C)nc32)[C@](C)(F)[C@@H]1O)Oc1ccccc1. The van der Waals surface area contributed by atoms with Gasteiger partial charge in [0.25, 0.3) is 0 Å². The molecule has 2 fully saturated rings. The molecule has 0 bridgehead atoms. The summed E-state index contributed by atoms with van der Waals surface area (Å²) >= 11 is 0. The van der Waals surface area contributed by atoms with Crippen LogP contribution in [-0.4, -0.2) is 74.3 Å². The summed E-state index contributed by atoms with van der Waals surface area (Å²) in [7, 11) is -3.05. The van der Waals surface area contributed by atoms with Crippen molar-refractivity contribution in [1.29, 1.82) is 0 Å². The number of imidazole rings is 1. The van der Waals surface area contributed by atoms with Crippen LogP contribution in [-0.2, 0) is 23.4 Å². The molecule has 2 aliphatic rings. The average Bonchev–Trinajstić information content (AvgIpc) is 3.59. The molecule has 3 aromatic rings. The van der Waals surface area contributed by atoms with Crippen LogP contribution in [0.2, 0.25) is 0 Å². The van der Waals surface area contributed by atoms with Crippen LogP contribution in [0.1, 0.15) is 38.7 Å². The van der Waals surface area contributed by atoms with Crippen molar-refractivity contribution in [2.45, 2.75) is 69.8 Å². The quantitative estimate of drug-likeness (QED) is 0.226. The summed E-state index contributed by atoms with van der Waals surface area (Å²) in [5.74, 6) is 0.509. The summed E-state index contributed by atoms with van der Waals surface area (Å²) in [6, 6.07) is 7.42. The van der Waals surface area contributed by atoms with Crippen LogP contribution in [0, 0.1) is 6.92 Å². The van der Waals surface area contributed by atoms with Crippen molar-refractivity contribution in [1.82, 2.24) is 24.6 Å². The molecule has 3 heterocycles. The molecule has 1 aromatic carbocycles. The van der Waals surface area contributed by atoms with Gasteiger partial charge in [-0.3, -0.25) is 13.9 Å². The predicted molar refractivity (Wildman–Crippen MR) is 141 cm³/mol. The highest BCUT2D eigenvalue weighted by molar-refractivity contribution is 7.52. The molecule has 1 aliphatic heterocycles. The van der Waals surface area contributed by atoms with E-state index in [0.717, 1.165) is 12.8 Å².